The van der Waals surface area contributed by atoms with Gasteiger partial charge in [0.05, 0.1) is 0 Å². The molecule has 1 fully saturated rings. The van der Waals surface area contributed by atoms with Crippen LogP contribution in [-0.4, -0.2) is 26.2 Å². The van der Waals surface area contributed by atoms with Gasteiger partial charge >= 0.3 is 0 Å². The second-order valence-electron chi connectivity index (χ2n) is 2.62. The number of hydrogen-bond acceptors (Lipinski definition) is 4. The first kappa shape index (κ1) is 19.2. The van der Waals surface area contributed by atoms with Crippen LogP contribution in [0, 0.1) is 0 Å². The molecule has 1 rings (SSSR count). The fourth-order valence-electron chi connectivity index (χ4n) is 0.440. The monoisotopic (exact) mass is 204 g/mol. The van der Waals surface area contributed by atoms with E-state index in [1.54, 1.807) is 6.08 Å². The molecule has 0 bridgehead atoms. The summed E-state index contributed by atoms with van der Waals surface area (Å²) in [7, 11) is 1.50. The molecular formula is C10H28N4. The summed E-state index contributed by atoms with van der Waals surface area (Å²) < 4.78 is 0. The molecule has 0 aromatic carbocycles. The second kappa shape index (κ2) is 22.9. The molecule has 14 heavy (non-hydrogen) atoms. The van der Waals surface area contributed by atoms with Gasteiger partial charge in [-0.2, -0.15) is 0 Å². The van der Waals surface area contributed by atoms with Gasteiger partial charge in [0.2, 0.25) is 0 Å². The molecule has 0 spiro atoms. The van der Waals surface area contributed by atoms with Crippen LogP contribution in [0.2, 0.25) is 0 Å². The molecule has 88 valence electrons. The first-order valence-electron chi connectivity index (χ1n) is 5.07. The van der Waals surface area contributed by atoms with Crippen molar-refractivity contribution < 1.29 is 0 Å². The maximum atomic E-state index is 5.38. The Morgan fingerprint density at radius 2 is 1.50 bits per heavy atom. The third-order valence-electron chi connectivity index (χ3n) is 1.32. The maximum absolute atomic E-state index is 5.38. The summed E-state index contributed by atoms with van der Waals surface area (Å²) in [5.74, 6) is 0. The van der Waals surface area contributed by atoms with Gasteiger partial charge in [0.1, 0.15) is 0 Å². The first-order valence-corrected chi connectivity index (χ1v) is 5.07. The van der Waals surface area contributed by atoms with E-state index in [2.05, 4.69) is 12.3 Å². The third-order valence-corrected chi connectivity index (χ3v) is 1.32. The van der Waals surface area contributed by atoms with Crippen molar-refractivity contribution in [2.75, 3.05) is 20.1 Å². The molecule has 1 aliphatic carbocycles. The summed E-state index contributed by atoms with van der Waals surface area (Å²) in [5, 5.41) is 0. The van der Waals surface area contributed by atoms with Crippen LogP contribution in [0.4, 0.5) is 0 Å². The predicted molar refractivity (Wildman–Crippen MR) is 65.9 cm³/mol. The number of hydrogen-bond donors (Lipinski definition) is 4. The minimum absolute atomic E-state index is 0.565. The van der Waals surface area contributed by atoms with Crippen molar-refractivity contribution >= 4 is 0 Å². The highest BCUT2D eigenvalue weighted by Crippen LogP contribution is 2.14. The van der Waals surface area contributed by atoms with E-state index < -0.39 is 0 Å². The average molecular weight is 204 g/mol. The van der Waals surface area contributed by atoms with Crippen molar-refractivity contribution in [1.82, 2.24) is 0 Å². The van der Waals surface area contributed by atoms with Gasteiger partial charge < -0.3 is 22.9 Å². The zero-order valence-corrected chi connectivity index (χ0v) is 9.71. The normalized spacial score (nSPS) is 12.7. The third kappa shape index (κ3) is 29.9. The van der Waals surface area contributed by atoms with Crippen LogP contribution in [0.15, 0.2) is 12.7 Å². The van der Waals surface area contributed by atoms with Gasteiger partial charge in [-0.05, 0) is 26.4 Å². The van der Waals surface area contributed by atoms with Gasteiger partial charge in [0, 0.05) is 12.6 Å². The van der Waals surface area contributed by atoms with Gasteiger partial charge in [-0.15, -0.1) is 6.58 Å². The molecule has 0 amide bonds. The van der Waals surface area contributed by atoms with Crippen LogP contribution in [0.25, 0.3) is 0 Å². The topological polar surface area (TPSA) is 104 Å². The van der Waals surface area contributed by atoms with Gasteiger partial charge in [0.25, 0.3) is 0 Å². The van der Waals surface area contributed by atoms with Crippen LogP contribution in [0.1, 0.15) is 26.2 Å². The molecule has 0 unspecified atom stereocenters. The predicted octanol–water partition coefficient (Wildman–Crippen LogP) is 0.169. The molecule has 0 aromatic heterocycles. The van der Waals surface area contributed by atoms with Gasteiger partial charge in [-0.25, -0.2) is 0 Å². The molecule has 0 saturated heterocycles. The van der Waals surface area contributed by atoms with Crippen molar-refractivity contribution in [1.29, 1.82) is 0 Å². The maximum Gasteiger partial charge on any atom is 0.0104 e. The molecular weight excluding hydrogens is 176 g/mol. The van der Waals surface area contributed by atoms with Crippen LogP contribution in [0.3, 0.4) is 0 Å². The SMILES string of the molecule is C=CCN.CCN.CN.NC1CCC1. The van der Waals surface area contributed by atoms with E-state index >= 15 is 0 Å². The molecule has 0 aromatic rings. The zero-order valence-electron chi connectivity index (χ0n) is 9.71. The summed E-state index contributed by atoms with van der Waals surface area (Å²) in [4.78, 5) is 0. The Labute approximate surface area is 88.7 Å². The van der Waals surface area contributed by atoms with E-state index in [9.17, 15) is 0 Å². The van der Waals surface area contributed by atoms with Crippen molar-refractivity contribution in [2.24, 2.45) is 22.9 Å². The molecule has 4 nitrogen and oxygen atoms in total. The smallest absolute Gasteiger partial charge is 0.0104 e. The number of nitrogens with two attached hydrogens (primary N) is 4. The summed E-state index contributed by atoms with van der Waals surface area (Å²) in [6.45, 7) is 6.59. The minimum Gasteiger partial charge on any atom is -0.333 e. The zero-order chi connectivity index (χ0) is 11.8. The van der Waals surface area contributed by atoms with E-state index in [0.29, 0.717) is 12.6 Å². The van der Waals surface area contributed by atoms with Gasteiger partial charge in [-0.3, -0.25) is 0 Å². The molecule has 0 aliphatic heterocycles. The molecule has 1 aliphatic rings. The Morgan fingerprint density at radius 1 is 1.29 bits per heavy atom. The van der Waals surface area contributed by atoms with Crippen LogP contribution in [-0.2, 0) is 0 Å². The van der Waals surface area contributed by atoms with Crippen LogP contribution >= 0.6 is 0 Å². The van der Waals surface area contributed by atoms with Crippen molar-refractivity contribution in [3.63, 3.8) is 0 Å². The Bertz CT molecular complexity index is 82.2. The molecule has 4 heteroatoms. The summed E-state index contributed by atoms with van der Waals surface area (Å²) in [6.07, 6.45) is 5.54. The Balaban J connectivity index is -0.000000123. The lowest BCUT2D eigenvalue weighted by atomic mass is 9.95. The fourth-order valence-corrected chi connectivity index (χ4v) is 0.440. The highest BCUT2D eigenvalue weighted by Gasteiger charge is 2.09. The van der Waals surface area contributed by atoms with Gasteiger partial charge in [0.15, 0.2) is 0 Å². The lowest BCUT2D eigenvalue weighted by molar-refractivity contribution is 0.418. The van der Waals surface area contributed by atoms with E-state index in [1.165, 1.54) is 26.3 Å². The molecule has 0 atom stereocenters. The number of rotatable bonds is 1. The lowest BCUT2D eigenvalue weighted by Gasteiger charge is -2.18. The van der Waals surface area contributed by atoms with Crippen molar-refractivity contribution in [3.05, 3.63) is 12.7 Å². The Kier molecular flexibility index (Phi) is 31.4. The second-order valence-corrected chi connectivity index (χ2v) is 2.62. The van der Waals surface area contributed by atoms with E-state index in [0.717, 1.165) is 6.54 Å². The summed E-state index contributed by atoms with van der Waals surface area (Å²) in [5.41, 5.74) is 19.6. The van der Waals surface area contributed by atoms with Crippen molar-refractivity contribution in [3.8, 4) is 0 Å². The van der Waals surface area contributed by atoms with Crippen LogP contribution in [0.5, 0.6) is 0 Å². The minimum atomic E-state index is 0.565. The average Bonchev–Trinajstić information content (AvgIpc) is 2.19. The van der Waals surface area contributed by atoms with Crippen molar-refractivity contribution in [2.45, 2.75) is 32.2 Å². The Morgan fingerprint density at radius 3 is 1.50 bits per heavy atom. The first-order chi connectivity index (χ1) is 6.72. The Hall–Kier alpha value is -0.420. The van der Waals surface area contributed by atoms with Crippen LogP contribution < -0.4 is 22.9 Å². The molecule has 0 radical (unpaired) electrons. The molecule has 1 saturated carbocycles. The molecule has 8 N–H and O–H groups in total. The summed E-state index contributed by atoms with van der Waals surface area (Å²) >= 11 is 0. The van der Waals surface area contributed by atoms with E-state index in [4.69, 9.17) is 17.2 Å². The fraction of sp³-hybridized carbons (Fsp3) is 0.800. The summed E-state index contributed by atoms with van der Waals surface area (Å²) in [6, 6.07) is 0.565. The highest BCUT2D eigenvalue weighted by molar-refractivity contribution is 4.70. The standard InChI is InChI=1S/C4H9N.C3H7N.C2H7N.CH5N/c5-4-2-1-3-4;1-2-3-4;1-2-3;1-2/h4H,1-3,5H2;2H,1,3-4H2;2-3H2,1H3;2H2,1H3. The van der Waals surface area contributed by atoms with E-state index in [1.807, 2.05) is 6.92 Å². The molecule has 0 heterocycles. The lowest BCUT2D eigenvalue weighted by Crippen LogP contribution is -2.27. The largest absolute Gasteiger partial charge is 0.333 e. The highest BCUT2D eigenvalue weighted by atomic mass is 14.6. The van der Waals surface area contributed by atoms with E-state index in [-0.39, 0.29) is 0 Å². The quantitative estimate of drug-likeness (QED) is 0.457. The van der Waals surface area contributed by atoms with Gasteiger partial charge in [-0.1, -0.05) is 19.4 Å².